The Balaban J connectivity index is 1.49. The van der Waals surface area contributed by atoms with E-state index in [0.29, 0.717) is 18.0 Å². The molecule has 1 aromatic heterocycles. The quantitative estimate of drug-likeness (QED) is 0.527. The van der Waals surface area contributed by atoms with Crippen molar-refractivity contribution in [1.29, 1.82) is 0 Å². The zero-order valence-corrected chi connectivity index (χ0v) is 18.4. The van der Waals surface area contributed by atoms with Crippen molar-refractivity contribution in [3.8, 4) is 11.3 Å². The maximum absolute atomic E-state index is 12.8. The molecule has 0 amide bonds. The highest BCUT2D eigenvalue weighted by Crippen LogP contribution is 2.29. The van der Waals surface area contributed by atoms with Crippen molar-refractivity contribution in [2.45, 2.75) is 24.2 Å². The van der Waals surface area contributed by atoms with E-state index in [0.717, 1.165) is 45.8 Å². The van der Waals surface area contributed by atoms with Gasteiger partial charge >= 0.3 is 0 Å². The Labute approximate surface area is 177 Å². The van der Waals surface area contributed by atoms with E-state index in [2.05, 4.69) is 26.2 Å². The molecule has 2 heterocycles. The average Bonchev–Trinajstić information content (AvgIpc) is 3.19. The monoisotopic (exact) mass is 477 g/mol. The summed E-state index contributed by atoms with van der Waals surface area (Å²) in [5, 5.41) is 6.05. The number of hydrogen-bond donors (Lipinski definition) is 1. The molecule has 4 rings (SSSR count). The topological polar surface area (TPSA) is 62.3 Å². The van der Waals surface area contributed by atoms with Gasteiger partial charge in [-0.3, -0.25) is 0 Å². The molecule has 0 radical (unpaired) electrons. The fourth-order valence-corrected chi connectivity index (χ4v) is 5.69. The second-order valence-electron chi connectivity index (χ2n) is 6.66. The van der Waals surface area contributed by atoms with E-state index in [1.165, 1.54) is 11.3 Å². The van der Waals surface area contributed by atoms with Gasteiger partial charge in [0.25, 0.3) is 0 Å². The molecular weight excluding hydrogens is 458 g/mol. The van der Waals surface area contributed by atoms with Crippen LogP contribution in [0.4, 0.5) is 10.8 Å². The molecule has 5 nitrogen and oxygen atoms in total. The van der Waals surface area contributed by atoms with Crippen LogP contribution in [0.15, 0.2) is 63.3 Å². The lowest BCUT2D eigenvalue weighted by Crippen LogP contribution is -2.35. The summed E-state index contributed by atoms with van der Waals surface area (Å²) in [7, 11) is -3.40. The first kappa shape index (κ1) is 19.6. The summed E-state index contributed by atoms with van der Waals surface area (Å²) < 4.78 is 28.1. The number of thiazole rings is 1. The minimum Gasteiger partial charge on any atom is -0.332 e. The van der Waals surface area contributed by atoms with Gasteiger partial charge in [-0.2, -0.15) is 4.31 Å². The number of anilines is 2. The molecule has 0 spiro atoms. The van der Waals surface area contributed by atoms with E-state index in [-0.39, 0.29) is 0 Å². The van der Waals surface area contributed by atoms with Crippen molar-refractivity contribution in [1.82, 2.24) is 9.29 Å². The number of nitrogens with one attached hydrogen (secondary N) is 1. The molecular formula is C20H20BrN3O2S2. The van der Waals surface area contributed by atoms with E-state index in [1.807, 2.05) is 41.8 Å². The summed E-state index contributed by atoms with van der Waals surface area (Å²) in [4.78, 5) is 4.96. The highest BCUT2D eigenvalue weighted by Gasteiger charge is 2.25. The van der Waals surface area contributed by atoms with Crippen LogP contribution in [0.25, 0.3) is 11.3 Å². The van der Waals surface area contributed by atoms with Crippen LogP contribution in [0.2, 0.25) is 0 Å². The van der Waals surface area contributed by atoms with Gasteiger partial charge in [0.15, 0.2) is 5.13 Å². The number of benzene rings is 2. The van der Waals surface area contributed by atoms with E-state index in [1.54, 1.807) is 16.4 Å². The van der Waals surface area contributed by atoms with Crippen molar-refractivity contribution in [3.05, 3.63) is 58.4 Å². The summed E-state index contributed by atoms with van der Waals surface area (Å²) in [5.41, 5.74) is 2.69. The summed E-state index contributed by atoms with van der Waals surface area (Å²) in [6.45, 7) is 1.22. The van der Waals surface area contributed by atoms with Crippen LogP contribution in [0, 0.1) is 0 Å². The van der Waals surface area contributed by atoms with Gasteiger partial charge in [0.2, 0.25) is 10.0 Å². The van der Waals surface area contributed by atoms with Gasteiger partial charge in [-0.05, 0) is 49.2 Å². The lowest BCUT2D eigenvalue weighted by molar-refractivity contribution is 0.346. The van der Waals surface area contributed by atoms with Crippen LogP contribution in [-0.4, -0.2) is 30.8 Å². The van der Waals surface area contributed by atoms with Gasteiger partial charge in [-0.25, -0.2) is 13.4 Å². The number of nitrogens with zero attached hydrogens (tertiary/aromatic N) is 2. The summed E-state index contributed by atoms with van der Waals surface area (Å²) in [6.07, 6.45) is 2.97. The second-order valence-corrected chi connectivity index (χ2v) is 10.4. The number of aromatic nitrogens is 1. The molecule has 2 aromatic carbocycles. The molecule has 146 valence electrons. The lowest BCUT2D eigenvalue weighted by Gasteiger charge is -2.25. The maximum Gasteiger partial charge on any atom is 0.243 e. The molecule has 1 saturated heterocycles. The second kappa shape index (κ2) is 8.32. The zero-order valence-electron chi connectivity index (χ0n) is 15.1. The van der Waals surface area contributed by atoms with Gasteiger partial charge < -0.3 is 5.32 Å². The van der Waals surface area contributed by atoms with Crippen LogP contribution in [0.5, 0.6) is 0 Å². The molecule has 28 heavy (non-hydrogen) atoms. The SMILES string of the molecule is O=S(=O)(c1ccc(-c2csc(Nc3ccc(Br)cc3)n2)cc1)N1CCCCC1. The fraction of sp³-hybridized carbons (Fsp3) is 0.250. The van der Waals surface area contributed by atoms with Crippen molar-refractivity contribution in [3.63, 3.8) is 0 Å². The van der Waals surface area contributed by atoms with Gasteiger partial charge in [0.05, 0.1) is 10.6 Å². The maximum atomic E-state index is 12.8. The number of rotatable bonds is 5. The molecule has 0 bridgehead atoms. The summed E-state index contributed by atoms with van der Waals surface area (Å²) in [6, 6.07) is 14.9. The minimum atomic E-state index is -3.40. The van der Waals surface area contributed by atoms with Gasteiger partial charge in [0, 0.05) is 34.2 Å². The third-order valence-electron chi connectivity index (χ3n) is 4.70. The van der Waals surface area contributed by atoms with Crippen LogP contribution in [-0.2, 0) is 10.0 Å². The predicted molar refractivity (Wildman–Crippen MR) is 118 cm³/mol. The first-order valence-electron chi connectivity index (χ1n) is 9.11. The van der Waals surface area contributed by atoms with Crippen LogP contribution in [0.3, 0.4) is 0 Å². The minimum absolute atomic E-state index is 0.349. The Morgan fingerprint density at radius 2 is 1.64 bits per heavy atom. The Kier molecular flexibility index (Phi) is 5.82. The average molecular weight is 478 g/mol. The van der Waals surface area contributed by atoms with Gasteiger partial charge in [-0.15, -0.1) is 11.3 Å². The third kappa shape index (κ3) is 4.30. The number of halogens is 1. The molecule has 8 heteroatoms. The Bertz CT molecular complexity index is 1040. The molecule has 0 unspecified atom stereocenters. The number of hydrogen-bond acceptors (Lipinski definition) is 5. The number of sulfonamides is 1. The smallest absolute Gasteiger partial charge is 0.243 e. The molecule has 0 saturated carbocycles. The molecule has 1 fully saturated rings. The van der Waals surface area contributed by atoms with E-state index >= 15 is 0 Å². The largest absolute Gasteiger partial charge is 0.332 e. The molecule has 1 aliphatic rings. The predicted octanol–water partition coefficient (Wildman–Crippen LogP) is 5.49. The standard InChI is InChI=1S/C20H20BrN3O2S2/c21-16-6-8-17(9-7-16)22-20-23-19(14-27-20)15-4-10-18(11-5-15)28(25,26)24-12-2-1-3-13-24/h4-11,14H,1-3,12-13H2,(H,22,23). The zero-order chi connectivity index (χ0) is 19.6. The van der Waals surface area contributed by atoms with Crippen LogP contribution < -0.4 is 5.32 Å². The fourth-order valence-electron chi connectivity index (χ4n) is 3.17. The highest BCUT2D eigenvalue weighted by molar-refractivity contribution is 9.10. The third-order valence-corrected chi connectivity index (χ3v) is 7.90. The Morgan fingerprint density at radius 1 is 0.964 bits per heavy atom. The molecule has 1 N–H and O–H groups in total. The Morgan fingerprint density at radius 3 is 2.32 bits per heavy atom. The van der Waals surface area contributed by atoms with E-state index in [4.69, 9.17) is 0 Å². The normalized spacial score (nSPS) is 15.5. The van der Waals surface area contributed by atoms with Crippen molar-refractivity contribution < 1.29 is 8.42 Å². The first-order chi connectivity index (χ1) is 13.5. The van der Waals surface area contributed by atoms with Crippen LogP contribution in [0.1, 0.15) is 19.3 Å². The van der Waals surface area contributed by atoms with Crippen molar-refractivity contribution >= 4 is 48.1 Å². The van der Waals surface area contributed by atoms with Crippen LogP contribution >= 0.6 is 27.3 Å². The Hall–Kier alpha value is -1.74. The van der Waals surface area contributed by atoms with E-state index < -0.39 is 10.0 Å². The van der Waals surface area contributed by atoms with Crippen molar-refractivity contribution in [2.24, 2.45) is 0 Å². The summed E-state index contributed by atoms with van der Waals surface area (Å²) in [5.74, 6) is 0. The molecule has 0 aliphatic carbocycles. The highest BCUT2D eigenvalue weighted by atomic mass is 79.9. The lowest BCUT2D eigenvalue weighted by atomic mass is 10.2. The number of piperidine rings is 1. The molecule has 0 atom stereocenters. The van der Waals surface area contributed by atoms with Gasteiger partial charge in [-0.1, -0.05) is 34.5 Å². The molecule has 1 aliphatic heterocycles. The molecule has 3 aromatic rings. The first-order valence-corrected chi connectivity index (χ1v) is 12.2. The van der Waals surface area contributed by atoms with Gasteiger partial charge in [0.1, 0.15) is 0 Å². The van der Waals surface area contributed by atoms with Crippen molar-refractivity contribution in [2.75, 3.05) is 18.4 Å². The van der Waals surface area contributed by atoms with E-state index in [9.17, 15) is 8.42 Å². The summed E-state index contributed by atoms with van der Waals surface area (Å²) >= 11 is 4.94.